The lowest BCUT2D eigenvalue weighted by molar-refractivity contribution is 0.0469. The summed E-state index contributed by atoms with van der Waals surface area (Å²) in [5.41, 5.74) is -0.519. The maximum atomic E-state index is 11.3. The Balaban J connectivity index is 2.31. The second-order valence-electron chi connectivity index (χ2n) is 4.31. The van der Waals surface area contributed by atoms with Crippen LogP contribution in [0, 0.1) is 0 Å². The van der Waals surface area contributed by atoms with Crippen molar-refractivity contribution >= 4 is 6.09 Å². The summed E-state index contributed by atoms with van der Waals surface area (Å²) >= 11 is 0. The maximum Gasteiger partial charge on any atom is 0.408 e. The van der Waals surface area contributed by atoms with E-state index in [0.717, 1.165) is 0 Å². The van der Waals surface area contributed by atoms with Gasteiger partial charge in [-0.3, -0.25) is 0 Å². The van der Waals surface area contributed by atoms with E-state index in [0.29, 0.717) is 6.61 Å². The van der Waals surface area contributed by atoms with Crippen molar-refractivity contribution in [1.82, 2.24) is 5.32 Å². The van der Waals surface area contributed by atoms with E-state index in [-0.39, 0.29) is 18.8 Å². The van der Waals surface area contributed by atoms with Crippen molar-refractivity contribution in [3.8, 4) is 0 Å². The van der Waals surface area contributed by atoms with E-state index in [1.165, 1.54) is 0 Å². The Labute approximate surface area is 83.4 Å². The van der Waals surface area contributed by atoms with Gasteiger partial charge in [0, 0.05) is 0 Å². The van der Waals surface area contributed by atoms with Gasteiger partial charge in [0.2, 0.25) is 0 Å². The number of aliphatic hydroxyl groups is 1. The van der Waals surface area contributed by atoms with Gasteiger partial charge in [0.15, 0.2) is 0 Å². The lowest BCUT2D eigenvalue weighted by atomic mass is 10.2. The summed E-state index contributed by atoms with van der Waals surface area (Å²) in [4.78, 5) is 11.3. The molecule has 2 atom stereocenters. The van der Waals surface area contributed by atoms with Crippen molar-refractivity contribution < 1.29 is 19.4 Å². The summed E-state index contributed by atoms with van der Waals surface area (Å²) in [6.45, 7) is 5.81. The number of carbonyl (C=O) groups excluding carboxylic acids is 1. The standard InChI is InChI=1S/C9H17NO4/c1-9(2,3)14-8(12)10-6(4-11)7-5-13-7/h6-7,11H,4-5H2,1-3H3,(H,10,12)/t6-,7-/m0/s1. The molecule has 1 saturated heterocycles. The average molecular weight is 203 g/mol. The predicted molar refractivity (Wildman–Crippen MR) is 50.0 cm³/mol. The number of rotatable bonds is 3. The van der Waals surface area contributed by atoms with E-state index in [1.54, 1.807) is 20.8 Å². The quantitative estimate of drug-likeness (QED) is 0.646. The zero-order valence-corrected chi connectivity index (χ0v) is 8.74. The highest BCUT2D eigenvalue weighted by molar-refractivity contribution is 5.68. The van der Waals surface area contributed by atoms with Crippen LogP contribution in [0.5, 0.6) is 0 Å². The monoisotopic (exact) mass is 203 g/mol. The normalized spacial score (nSPS) is 22.7. The van der Waals surface area contributed by atoms with Gasteiger partial charge in [0.1, 0.15) is 11.7 Å². The molecule has 0 aromatic heterocycles. The zero-order valence-electron chi connectivity index (χ0n) is 8.74. The van der Waals surface area contributed by atoms with Crippen LogP contribution in [-0.2, 0) is 9.47 Å². The van der Waals surface area contributed by atoms with Crippen molar-refractivity contribution in [2.24, 2.45) is 0 Å². The second kappa shape index (κ2) is 4.14. The van der Waals surface area contributed by atoms with Crippen molar-refractivity contribution in [2.45, 2.75) is 38.5 Å². The van der Waals surface area contributed by atoms with Gasteiger partial charge >= 0.3 is 6.09 Å². The number of alkyl carbamates (subject to hydrolysis) is 1. The van der Waals surface area contributed by atoms with Crippen molar-refractivity contribution in [2.75, 3.05) is 13.2 Å². The fraction of sp³-hybridized carbons (Fsp3) is 0.889. The van der Waals surface area contributed by atoms with Crippen LogP contribution in [0.15, 0.2) is 0 Å². The van der Waals surface area contributed by atoms with Crippen LogP contribution in [-0.4, -0.2) is 42.2 Å². The molecule has 1 heterocycles. The highest BCUT2D eigenvalue weighted by Crippen LogP contribution is 2.14. The minimum atomic E-state index is -0.521. The number of epoxide rings is 1. The molecule has 1 aliphatic heterocycles. The Morgan fingerprint density at radius 3 is 2.64 bits per heavy atom. The van der Waals surface area contributed by atoms with Gasteiger partial charge in [-0.25, -0.2) is 4.79 Å². The number of nitrogens with one attached hydrogen (secondary N) is 1. The highest BCUT2D eigenvalue weighted by atomic mass is 16.6. The van der Waals surface area contributed by atoms with E-state index >= 15 is 0 Å². The number of hydrogen-bond acceptors (Lipinski definition) is 4. The van der Waals surface area contributed by atoms with E-state index in [4.69, 9.17) is 14.6 Å². The third-order valence-electron chi connectivity index (χ3n) is 1.71. The van der Waals surface area contributed by atoms with Crippen LogP contribution in [0.2, 0.25) is 0 Å². The van der Waals surface area contributed by atoms with Crippen LogP contribution < -0.4 is 5.32 Å². The first-order chi connectivity index (χ1) is 6.42. The molecule has 2 N–H and O–H groups in total. The summed E-state index contributed by atoms with van der Waals surface area (Å²) in [5, 5.41) is 11.5. The van der Waals surface area contributed by atoms with Crippen LogP contribution in [0.4, 0.5) is 4.79 Å². The van der Waals surface area contributed by atoms with Gasteiger partial charge in [0.05, 0.1) is 19.3 Å². The molecule has 0 aromatic rings. The number of hydrogen-bond donors (Lipinski definition) is 2. The first-order valence-electron chi connectivity index (χ1n) is 4.64. The lowest BCUT2D eigenvalue weighted by Gasteiger charge is -2.21. The van der Waals surface area contributed by atoms with Crippen molar-refractivity contribution in [3.05, 3.63) is 0 Å². The third-order valence-corrected chi connectivity index (χ3v) is 1.71. The summed E-state index contributed by atoms with van der Waals surface area (Å²) in [6, 6.07) is -0.357. The van der Waals surface area contributed by atoms with Crippen LogP contribution in [0.25, 0.3) is 0 Å². The first-order valence-corrected chi connectivity index (χ1v) is 4.64. The molecular weight excluding hydrogens is 186 g/mol. The molecule has 82 valence electrons. The van der Waals surface area contributed by atoms with Gasteiger partial charge in [-0.15, -0.1) is 0 Å². The first kappa shape index (κ1) is 11.3. The molecule has 1 rings (SSSR count). The fourth-order valence-electron chi connectivity index (χ4n) is 1.00. The molecule has 0 spiro atoms. The Hall–Kier alpha value is -0.810. The number of carbonyl (C=O) groups is 1. The van der Waals surface area contributed by atoms with Crippen molar-refractivity contribution in [1.29, 1.82) is 0 Å². The molecule has 5 heteroatoms. The van der Waals surface area contributed by atoms with Gasteiger partial charge < -0.3 is 19.9 Å². The van der Waals surface area contributed by atoms with Crippen LogP contribution in [0.1, 0.15) is 20.8 Å². The minimum absolute atomic E-state index is 0.0625. The van der Waals surface area contributed by atoms with Gasteiger partial charge in [-0.05, 0) is 20.8 Å². The minimum Gasteiger partial charge on any atom is -0.444 e. The number of amides is 1. The Morgan fingerprint density at radius 1 is 1.71 bits per heavy atom. The van der Waals surface area contributed by atoms with Gasteiger partial charge in [0.25, 0.3) is 0 Å². The summed E-state index contributed by atoms with van der Waals surface area (Å²) in [5.74, 6) is 0. The van der Waals surface area contributed by atoms with Crippen LogP contribution >= 0.6 is 0 Å². The largest absolute Gasteiger partial charge is 0.444 e. The van der Waals surface area contributed by atoms with E-state index in [9.17, 15) is 4.79 Å². The lowest BCUT2D eigenvalue weighted by Crippen LogP contribution is -2.44. The fourth-order valence-corrected chi connectivity index (χ4v) is 1.00. The maximum absolute atomic E-state index is 11.3. The Morgan fingerprint density at radius 2 is 2.29 bits per heavy atom. The van der Waals surface area contributed by atoms with Gasteiger partial charge in [-0.2, -0.15) is 0 Å². The van der Waals surface area contributed by atoms with E-state index in [2.05, 4.69) is 5.32 Å². The Bertz CT molecular complexity index is 207. The molecule has 1 amide bonds. The zero-order chi connectivity index (χ0) is 10.8. The molecule has 1 aliphatic rings. The predicted octanol–water partition coefficient (Wildman–Crippen LogP) is 0.271. The summed E-state index contributed by atoms with van der Waals surface area (Å²) in [6.07, 6.45) is -0.584. The molecule has 0 aliphatic carbocycles. The molecule has 0 saturated carbocycles. The summed E-state index contributed by atoms with van der Waals surface area (Å²) < 4.78 is 9.99. The average Bonchev–Trinajstić information content (AvgIpc) is 2.78. The molecule has 0 radical (unpaired) electrons. The molecular formula is C9H17NO4. The van der Waals surface area contributed by atoms with E-state index < -0.39 is 11.7 Å². The van der Waals surface area contributed by atoms with E-state index in [1.807, 2.05) is 0 Å². The van der Waals surface area contributed by atoms with Gasteiger partial charge in [-0.1, -0.05) is 0 Å². The molecule has 1 fully saturated rings. The molecule has 5 nitrogen and oxygen atoms in total. The Kier molecular flexibility index (Phi) is 3.34. The molecule has 0 unspecified atom stereocenters. The molecule has 0 aromatic carbocycles. The molecule has 0 bridgehead atoms. The second-order valence-corrected chi connectivity index (χ2v) is 4.31. The third kappa shape index (κ3) is 3.93. The summed E-state index contributed by atoms with van der Waals surface area (Å²) in [7, 11) is 0. The number of aliphatic hydroxyl groups excluding tert-OH is 1. The SMILES string of the molecule is CC(C)(C)OC(=O)N[C@@H](CO)[C@@H]1CO1. The smallest absolute Gasteiger partial charge is 0.408 e. The van der Waals surface area contributed by atoms with Crippen molar-refractivity contribution in [3.63, 3.8) is 0 Å². The topological polar surface area (TPSA) is 71.1 Å². The molecule has 14 heavy (non-hydrogen) atoms. The highest BCUT2D eigenvalue weighted by Gasteiger charge is 2.34. The van der Waals surface area contributed by atoms with Crippen LogP contribution in [0.3, 0.4) is 0 Å². The number of ether oxygens (including phenoxy) is 2.